The van der Waals surface area contributed by atoms with Crippen LogP contribution in [-0.4, -0.2) is 43.1 Å². The first-order chi connectivity index (χ1) is 9.25. The topological polar surface area (TPSA) is 19.4 Å². The van der Waals surface area contributed by atoms with Gasteiger partial charge in [0.05, 0.1) is 0 Å². The third kappa shape index (κ3) is 2.43. The van der Waals surface area contributed by atoms with Gasteiger partial charge in [0, 0.05) is 31.2 Å². The van der Waals surface area contributed by atoms with E-state index in [1.807, 2.05) is 6.20 Å². The molecule has 0 saturated carbocycles. The zero-order chi connectivity index (χ0) is 13.2. The molecule has 1 fully saturated rings. The van der Waals surface area contributed by atoms with Crippen molar-refractivity contribution in [2.45, 2.75) is 18.9 Å². The molecule has 3 rings (SSSR count). The third-order valence-corrected chi connectivity index (χ3v) is 4.17. The Bertz CT molecular complexity index is 561. The highest BCUT2D eigenvalue weighted by Crippen LogP contribution is 2.25. The molecule has 0 aliphatic carbocycles. The van der Waals surface area contributed by atoms with Crippen LogP contribution in [0.4, 0.5) is 5.82 Å². The quantitative estimate of drug-likeness (QED) is 0.840. The minimum absolute atomic E-state index is 0.658. The number of likely N-dealkylation sites (N-methyl/N-ethyl adjacent to an activating group) is 2. The maximum atomic E-state index is 4.58. The van der Waals surface area contributed by atoms with E-state index in [9.17, 15) is 0 Å². The Hall–Kier alpha value is -1.61. The summed E-state index contributed by atoms with van der Waals surface area (Å²) < 4.78 is 0. The molecular weight excluding hydrogens is 234 g/mol. The van der Waals surface area contributed by atoms with Crippen LogP contribution in [0.5, 0.6) is 0 Å². The summed E-state index contributed by atoms with van der Waals surface area (Å²) in [5.74, 6) is 1.10. The van der Waals surface area contributed by atoms with E-state index in [1.165, 1.54) is 30.2 Å². The molecule has 0 amide bonds. The van der Waals surface area contributed by atoms with Gasteiger partial charge in [0.1, 0.15) is 5.82 Å². The van der Waals surface area contributed by atoms with E-state index in [0.29, 0.717) is 6.04 Å². The highest BCUT2D eigenvalue weighted by atomic mass is 15.2. The van der Waals surface area contributed by atoms with Crippen LogP contribution in [0, 0.1) is 0 Å². The monoisotopic (exact) mass is 255 g/mol. The lowest BCUT2D eigenvalue weighted by atomic mass is 10.1. The van der Waals surface area contributed by atoms with E-state index in [2.05, 4.69) is 59.2 Å². The Morgan fingerprint density at radius 1 is 1.32 bits per heavy atom. The molecule has 3 nitrogen and oxygen atoms in total. The van der Waals surface area contributed by atoms with Crippen LogP contribution in [0.25, 0.3) is 10.8 Å². The van der Waals surface area contributed by atoms with Crippen LogP contribution in [0.15, 0.2) is 36.5 Å². The normalized spacial score (nSPS) is 20.0. The first-order valence-electron chi connectivity index (χ1n) is 7.01. The fourth-order valence-electron chi connectivity index (χ4n) is 3.02. The van der Waals surface area contributed by atoms with Crippen LogP contribution >= 0.6 is 0 Å². The summed E-state index contributed by atoms with van der Waals surface area (Å²) in [6.07, 6.45) is 4.52. The molecule has 1 atom stereocenters. The molecule has 1 saturated heterocycles. The summed E-state index contributed by atoms with van der Waals surface area (Å²) in [4.78, 5) is 9.34. The Balaban J connectivity index is 1.87. The van der Waals surface area contributed by atoms with E-state index in [1.54, 1.807) is 0 Å². The number of fused-ring (bicyclic) bond motifs is 1. The van der Waals surface area contributed by atoms with Crippen molar-refractivity contribution in [2.24, 2.45) is 0 Å². The number of anilines is 1. The Kier molecular flexibility index (Phi) is 3.38. The maximum absolute atomic E-state index is 4.58. The summed E-state index contributed by atoms with van der Waals surface area (Å²) in [6.45, 7) is 2.28. The predicted octanol–water partition coefficient (Wildman–Crippen LogP) is 2.77. The third-order valence-electron chi connectivity index (χ3n) is 4.17. The number of rotatable bonds is 3. The molecule has 1 aromatic heterocycles. The van der Waals surface area contributed by atoms with Crippen LogP contribution in [-0.2, 0) is 0 Å². The summed E-state index contributed by atoms with van der Waals surface area (Å²) >= 11 is 0. The van der Waals surface area contributed by atoms with E-state index < -0.39 is 0 Å². The number of hydrogen-bond acceptors (Lipinski definition) is 3. The number of nitrogens with zero attached hydrogens (tertiary/aromatic N) is 3. The van der Waals surface area contributed by atoms with E-state index in [4.69, 9.17) is 0 Å². The molecular formula is C16H21N3. The van der Waals surface area contributed by atoms with Crippen LogP contribution in [0.2, 0.25) is 0 Å². The summed E-state index contributed by atoms with van der Waals surface area (Å²) in [7, 11) is 4.38. The maximum Gasteiger partial charge on any atom is 0.136 e. The Morgan fingerprint density at radius 2 is 2.16 bits per heavy atom. The lowest BCUT2D eigenvalue weighted by Gasteiger charge is -2.27. The van der Waals surface area contributed by atoms with Crippen molar-refractivity contribution in [3.63, 3.8) is 0 Å². The van der Waals surface area contributed by atoms with Gasteiger partial charge in [0.15, 0.2) is 0 Å². The van der Waals surface area contributed by atoms with Crippen molar-refractivity contribution >= 4 is 16.6 Å². The fourth-order valence-corrected chi connectivity index (χ4v) is 3.02. The van der Waals surface area contributed by atoms with Gasteiger partial charge in [-0.2, -0.15) is 0 Å². The number of aromatic nitrogens is 1. The van der Waals surface area contributed by atoms with E-state index >= 15 is 0 Å². The number of hydrogen-bond donors (Lipinski definition) is 0. The van der Waals surface area contributed by atoms with Crippen molar-refractivity contribution < 1.29 is 0 Å². The second-order valence-electron chi connectivity index (χ2n) is 5.51. The largest absolute Gasteiger partial charge is 0.358 e. The summed E-state index contributed by atoms with van der Waals surface area (Å²) in [5.41, 5.74) is 0. The molecule has 0 bridgehead atoms. The lowest BCUT2D eigenvalue weighted by molar-refractivity contribution is 0.314. The van der Waals surface area contributed by atoms with Crippen LogP contribution in [0.3, 0.4) is 0 Å². The molecule has 0 radical (unpaired) electrons. The molecule has 0 N–H and O–H groups in total. The molecule has 100 valence electrons. The van der Waals surface area contributed by atoms with Gasteiger partial charge in [0.25, 0.3) is 0 Å². The predicted molar refractivity (Wildman–Crippen MR) is 80.7 cm³/mol. The molecule has 3 heteroatoms. The first kappa shape index (κ1) is 12.4. The van der Waals surface area contributed by atoms with Gasteiger partial charge in [-0.25, -0.2) is 4.98 Å². The minimum Gasteiger partial charge on any atom is -0.358 e. The highest BCUT2D eigenvalue weighted by Gasteiger charge is 2.22. The Morgan fingerprint density at radius 3 is 2.95 bits per heavy atom. The second-order valence-corrected chi connectivity index (χ2v) is 5.51. The van der Waals surface area contributed by atoms with Crippen molar-refractivity contribution in [3.8, 4) is 0 Å². The molecule has 1 aliphatic rings. The first-order valence-corrected chi connectivity index (χ1v) is 7.01. The lowest BCUT2D eigenvalue weighted by Crippen LogP contribution is -2.37. The molecule has 1 aromatic carbocycles. The number of likely N-dealkylation sites (tertiary alicyclic amines) is 1. The van der Waals surface area contributed by atoms with Gasteiger partial charge >= 0.3 is 0 Å². The van der Waals surface area contributed by atoms with Gasteiger partial charge in [0.2, 0.25) is 0 Å². The smallest absolute Gasteiger partial charge is 0.136 e. The van der Waals surface area contributed by atoms with Crippen molar-refractivity contribution in [1.82, 2.24) is 9.88 Å². The zero-order valence-corrected chi connectivity index (χ0v) is 11.7. The average Bonchev–Trinajstić information content (AvgIpc) is 2.83. The molecule has 2 heterocycles. The van der Waals surface area contributed by atoms with Crippen molar-refractivity contribution in [3.05, 3.63) is 36.5 Å². The summed E-state index contributed by atoms with van der Waals surface area (Å²) in [5, 5.41) is 2.51. The van der Waals surface area contributed by atoms with E-state index in [0.717, 1.165) is 12.4 Å². The van der Waals surface area contributed by atoms with Gasteiger partial charge in [-0.3, -0.25) is 0 Å². The van der Waals surface area contributed by atoms with Crippen LogP contribution < -0.4 is 4.90 Å². The standard InChI is InChI=1S/C16H21N3/c1-18-11-5-7-14(18)12-19(2)16-15-8-4-3-6-13(15)9-10-17-16/h3-4,6,8-10,14H,5,7,11-12H2,1-2H3. The minimum atomic E-state index is 0.658. The number of pyridine rings is 1. The molecule has 0 spiro atoms. The fraction of sp³-hybridized carbons (Fsp3) is 0.438. The molecule has 19 heavy (non-hydrogen) atoms. The SMILES string of the molecule is CN(CC1CCCN1C)c1nccc2ccccc12. The average molecular weight is 255 g/mol. The molecule has 1 aliphatic heterocycles. The molecule has 2 aromatic rings. The van der Waals surface area contributed by atoms with E-state index in [-0.39, 0.29) is 0 Å². The van der Waals surface area contributed by atoms with Gasteiger partial charge in [-0.05, 0) is 37.9 Å². The van der Waals surface area contributed by atoms with Gasteiger partial charge in [-0.1, -0.05) is 24.3 Å². The highest BCUT2D eigenvalue weighted by molar-refractivity contribution is 5.91. The van der Waals surface area contributed by atoms with Gasteiger partial charge < -0.3 is 9.80 Å². The summed E-state index contributed by atoms with van der Waals surface area (Å²) in [6, 6.07) is 11.2. The molecule has 1 unspecified atom stereocenters. The van der Waals surface area contributed by atoms with Crippen molar-refractivity contribution in [2.75, 3.05) is 32.1 Å². The van der Waals surface area contributed by atoms with Gasteiger partial charge in [-0.15, -0.1) is 0 Å². The zero-order valence-electron chi connectivity index (χ0n) is 11.7. The Labute approximate surface area is 114 Å². The second kappa shape index (κ2) is 5.17. The van der Waals surface area contributed by atoms with Crippen molar-refractivity contribution in [1.29, 1.82) is 0 Å². The number of benzene rings is 1. The van der Waals surface area contributed by atoms with Crippen LogP contribution in [0.1, 0.15) is 12.8 Å².